The van der Waals surface area contributed by atoms with Crippen LogP contribution >= 0.6 is 12.4 Å². The molecule has 5 nitrogen and oxygen atoms in total. The lowest BCUT2D eigenvalue weighted by molar-refractivity contribution is -0.141. The van der Waals surface area contributed by atoms with Crippen molar-refractivity contribution in [3.05, 3.63) is 41.9 Å². The van der Waals surface area contributed by atoms with Gasteiger partial charge in [0.05, 0.1) is 5.56 Å². The minimum atomic E-state index is -1.32. The van der Waals surface area contributed by atoms with E-state index in [1.54, 1.807) is 0 Å². The van der Waals surface area contributed by atoms with E-state index < -0.39 is 36.2 Å². The van der Waals surface area contributed by atoms with Crippen LogP contribution in [0.3, 0.4) is 0 Å². The number of rotatable bonds is 4. The molecule has 1 aromatic rings. The third-order valence-electron chi connectivity index (χ3n) is 2.76. The molecular formula is C12H9F2NO4S. The van der Waals surface area contributed by atoms with Crippen LogP contribution in [0.15, 0.2) is 36.3 Å². The van der Waals surface area contributed by atoms with Crippen molar-refractivity contribution in [2.45, 2.75) is 12.5 Å². The van der Waals surface area contributed by atoms with E-state index in [0.717, 1.165) is 11.1 Å². The van der Waals surface area contributed by atoms with E-state index in [1.165, 1.54) is 24.3 Å². The molecule has 2 rings (SSSR count). The first-order valence-electron chi connectivity index (χ1n) is 5.50. The number of carbonyl (C=O) groups excluding carboxylic acids is 1. The summed E-state index contributed by atoms with van der Waals surface area (Å²) >= 11 is -0.440. The van der Waals surface area contributed by atoms with Gasteiger partial charge in [-0.3, -0.25) is 9.69 Å². The fraction of sp³-hybridized carbons (Fsp3) is 0.167. The molecule has 0 fully saturated rings. The predicted octanol–water partition coefficient (Wildman–Crippen LogP) is 2.71. The first kappa shape index (κ1) is 14.3. The summed E-state index contributed by atoms with van der Waals surface area (Å²) in [5, 5.41) is 8.98. The Bertz CT molecular complexity index is 578. The predicted molar refractivity (Wildman–Crippen MR) is 67.2 cm³/mol. The summed E-state index contributed by atoms with van der Waals surface area (Å²) in [5.41, 5.74) is -0.0464. The van der Waals surface area contributed by atoms with E-state index >= 15 is 0 Å². The second-order valence-electron chi connectivity index (χ2n) is 3.99. The number of amides is 1. The van der Waals surface area contributed by atoms with Crippen molar-refractivity contribution >= 4 is 24.3 Å². The van der Waals surface area contributed by atoms with Crippen molar-refractivity contribution in [1.82, 2.24) is 4.90 Å². The first-order valence-corrected chi connectivity index (χ1v) is 6.14. The van der Waals surface area contributed by atoms with E-state index in [1.807, 2.05) is 0 Å². The van der Waals surface area contributed by atoms with E-state index in [4.69, 9.17) is 5.11 Å². The van der Waals surface area contributed by atoms with Gasteiger partial charge < -0.3 is 9.29 Å². The molecule has 8 heteroatoms. The minimum Gasteiger partial charge on any atom is -0.480 e. The van der Waals surface area contributed by atoms with Crippen LogP contribution in [-0.2, 0) is 4.79 Å². The molecule has 1 aliphatic heterocycles. The minimum absolute atomic E-state index is 0.0464. The molecule has 106 valence electrons. The van der Waals surface area contributed by atoms with Gasteiger partial charge >= 0.3 is 5.97 Å². The largest absolute Gasteiger partial charge is 0.480 e. The summed E-state index contributed by atoms with van der Waals surface area (Å²) in [6.07, 6.45) is 0.447. The van der Waals surface area contributed by atoms with Crippen LogP contribution in [0.25, 0.3) is 0 Å². The van der Waals surface area contributed by atoms with Crippen molar-refractivity contribution in [3.63, 3.8) is 0 Å². The van der Waals surface area contributed by atoms with Gasteiger partial charge in [-0.25, -0.2) is 9.18 Å². The van der Waals surface area contributed by atoms with Crippen LogP contribution in [0.5, 0.6) is 5.75 Å². The number of carboxylic acid groups (broad SMARTS) is 1. The average Bonchev–Trinajstić information content (AvgIpc) is 2.81. The topological polar surface area (TPSA) is 66.8 Å². The molecule has 0 aromatic heterocycles. The summed E-state index contributed by atoms with van der Waals surface area (Å²) < 4.78 is 30.0. The van der Waals surface area contributed by atoms with Crippen LogP contribution in [0.1, 0.15) is 16.8 Å². The summed E-state index contributed by atoms with van der Waals surface area (Å²) in [4.78, 5) is 24.0. The summed E-state index contributed by atoms with van der Waals surface area (Å²) in [6.45, 7) is 0. The Hall–Kier alpha value is -2.09. The number of nitrogens with zero attached hydrogens (tertiary/aromatic N) is 1. The fourth-order valence-corrected chi connectivity index (χ4v) is 2.09. The van der Waals surface area contributed by atoms with Crippen LogP contribution in [0, 0.1) is 0 Å². The van der Waals surface area contributed by atoms with Gasteiger partial charge in [-0.1, -0.05) is 12.1 Å². The van der Waals surface area contributed by atoms with Crippen molar-refractivity contribution < 1.29 is 27.2 Å². The zero-order valence-electron chi connectivity index (χ0n) is 9.95. The molecule has 1 unspecified atom stereocenters. The van der Waals surface area contributed by atoms with Crippen LogP contribution in [0.2, 0.25) is 0 Å². The third kappa shape index (κ3) is 2.74. The smallest absolute Gasteiger partial charge is 0.327 e. The molecule has 0 saturated heterocycles. The number of carbonyl (C=O) groups is 2. The van der Waals surface area contributed by atoms with Crippen molar-refractivity contribution in [3.8, 4) is 5.75 Å². The van der Waals surface area contributed by atoms with Gasteiger partial charge in [0.1, 0.15) is 11.9 Å². The molecule has 1 amide bonds. The quantitative estimate of drug-likeness (QED) is 0.866. The van der Waals surface area contributed by atoms with Crippen LogP contribution < -0.4 is 4.18 Å². The normalized spacial score (nSPS) is 17.8. The number of para-hydroxylation sites is 1. The second-order valence-corrected chi connectivity index (χ2v) is 4.28. The molecule has 0 radical (unpaired) electrons. The number of benzene rings is 1. The van der Waals surface area contributed by atoms with E-state index in [9.17, 15) is 17.9 Å². The Morgan fingerprint density at radius 3 is 2.75 bits per heavy atom. The maximum Gasteiger partial charge on any atom is 0.327 e. The number of halogens is 2. The van der Waals surface area contributed by atoms with Crippen LogP contribution in [-0.4, -0.2) is 27.9 Å². The second kappa shape index (κ2) is 5.91. The number of carboxylic acids is 1. The zero-order chi connectivity index (χ0) is 14.7. The highest BCUT2D eigenvalue weighted by atomic mass is 32.2. The molecule has 0 spiro atoms. The molecule has 20 heavy (non-hydrogen) atoms. The lowest BCUT2D eigenvalue weighted by atomic mass is 10.1. The summed E-state index contributed by atoms with van der Waals surface area (Å²) in [6, 6.07) is 4.42. The maximum atomic E-state index is 13.2. The highest BCUT2D eigenvalue weighted by molar-refractivity contribution is 7.89. The van der Waals surface area contributed by atoms with Crippen molar-refractivity contribution in [2.24, 2.45) is 0 Å². The SMILES string of the molecule is O=C(O)C1CC(F)=CN1C(=O)c1ccccc1OSF. The molecule has 0 aliphatic carbocycles. The molecule has 1 aliphatic rings. The van der Waals surface area contributed by atoms with Gasteiger partial charge in [0.15, 0.2) is 5.75 Å². The lowest BCUT2D eigenvalue weighted by Crippen LogP contribution is -2.38. The van der Waals surface area contributed by atoms with Gasteiger partial charge in [-0.15, -0.1) is 3.89 Å². The molecular weight excluding hydrogens is 292 g/mol. The Labute approximate surface area is 117 Å². The van der Waals surface area contributed by atoms with Gasteiger partial charge in [0.2, 0.25) is 0 Å². The van der Waals surface area contributed by atoms with Gasteiger partial charge in [-0.2, -0.15) is 0 Å². The van der Waals surface area contributed by atoms with Crippen molar-refractivity contribution in [1.29, 1.82) is 0 Å². The standard InChI is InChI=1S/C12H9F2NO4S/c13-7-5-9(12(17)18)15(6-7)11(16)8-3-1-2-4-10(8)19-20-14/h1-4,6,9H,5H2,(H,17,18). The Morgan fingerprint density at radius 1 is 1.40 bits per heavy atom. The summed E-state index contributed by atoms with van der Waals surface area (Å²) in [7, 11) is 0. The van der Waals surface area contributed by atoms with E-state index in [-0.39, 0.29) is 17.7 Å². The fourth-order valence-electron chi connectivity index (χ4n) is 1.87. The summed E-state index contributed by atoms with van der Waals surface area (Å²) in [5.74, 6) is -2.85. The highest BCUT2D eigenvalue weighted by Gasteiger charge is 2.36. The van der Waals surface area contributed by atoms with Crippen molar-refractivity contribution in [2.75, 3.05) is 0 Å². The molecule has 0 bridgehead atoms. The monoisotopic (exact) mass is 301 g/mol. The Balaban J connectivity index is 2.33. The van der Waals surface area contributed by atoms with Gasteiger partial charge in [-0.05, 0) is 12.1 Å². The maximum absolute atomic E-state index is 13.2. The Kier molecular flexibility index (Phi) is 4.23. The lowest BCUT2D eigenvalue weighted by Gasteiger charge is -2.20. The average molecular weight is 301 g/mol. The van der Waals surface area contributed by atoms with E-state index in [2.05, 4.69) is 4.18 Å². The Morgan fingerprint density at radius 2 is 2.10 bits per heavy atom. The molecule has 1 aromatic carbocycles. The zero-order valence-corrected chi connectivity index (χ0v) is 10.8. The number of hydrogen-bond acceptors (Lipinski definition) is 4. The van der Waals surface area contributed by atoms with Gasteiger partial charge in [0, 0.05) is 12.6 Å². The third-order valence-corrected chi connectivity index (χ3v) is 3.00. The van der Waals surface area contributed by atoms with Gasteiger partial charge in [0.25, 0.3) is 18.3 Å². The molecule has 1 heterocycles. The number of hydrogen-bond donors (Lipinski definition) is 1. The van der Waals surface area contributed by atoms with Crippen LogP contribution in [0.4, 0.5) is 8.28 Å². The number of aliphatic carboxylic acids is 1. The first-order chi connectivity index (χ1) is 9.54. The molecule has 1 N–H and O–H groups in total. The molecule has 0 saturated carbocycles. The molecule has 1 atom stereocenters. The van der Waals surface area contributed by atoms with E-state index in [0.29, 0.717) is 0 Å². The highest BCUT2D eigenvalue weighted by Crippen LogP contribution is 2.29.